The number of hydrogen-bond acceptors (Lipinski definition) is 4. The van der Waals surface area contributed by atoms with Gasteiger partial charge in [-0.2, -0.15) is 30.2 Å². The molecule has 0 spiro atoms. The molecule has 2 N–H and O–H groups in total. The highest BCUT2D eigenvalue weighted by atomic mass is 32.2. The molecule has 27 heavy (non-hydrogen) atoms. The van der Waals surface area contributed by atoms with Gasteiger partial charge >= 0.3 is 6.18 Å². The van der Waals surface area contributed by atoms with Crippen LogP contribution in [0, 0.1) is 11.3 Å². The standard InChI is InChI=1S/C18H16F4N2O2S/c1-17(26,10-27-14-6-3-12(19)4-7-14)16(25)24-13-5-2-11(9-23)15(8-13)18(20,21)22/h2-6,8,14,26H,7,10H2,1H3,(H,24,25). The average molecular weight is 400 g/mol. The summed E-state index contributed by atoms with van der Waals surface area (Å²) < 4.78 is 51.9. The van der Waals surface area contributed by atoms with Crippen molar-refractivity contribution in [3.63, 3.8) is 0 Å². The Balaban J connectivity index is 2.05. The molecule has 1 aromatic rings. The van der Waals surface area contributed by atoms with Crippen LogP contribution in [-0.2, 0) is 11.0 Å². The maximum absolute atomic E-state index is 13.0. The van der Waals surface area contributed by atoms with Crippen LogP contribution >= 0.6 is 11.8 Å². The van der Waals surface area contributed by atoms with Gasteiger partial charge < -0.3 is 10.4 Å². The zero-order chi connectivity index (χ0) is 20.2. The van der Waals surface area contributed by atoms with Crippen molar-refractivity contribution >= 4 is 23.4 Å². The second-order valence-corrected chi connectivity index (χ2v) is 7.36. The minimum atomic E-state index is -4.75. The lowest BCUT2D eigenvalue weighted by Gasteiger charge is -2.24. The third-order valence-corrected chi connectivity index (χ3v) is 5.29. The van der Waals surface area contributed by atoms with Gasteiger partial charge in [0.2, 0.25) is 0 Å². The summed E-state index contributed by atoms with van der Waals surface area (Å²) in [4.78, 5) is 12.3. The Morgan fingerprint density at radius 3 is 2.70 bits per heavy atom. The molecule has 0 fully saturated rings. The van der Waals surface area contributed by atoms with E-state index in [9.17, 15) is 27.5 Å². The maximum atomic E-state index is 13.0. The lowest BCUT2D eigenvalue weighted by Crippen LogP contribution is -2.42. The molecule has 144 valence electrons. The first-order chi connectivity index (χ1) is 12.5. The number of anilines is 1. The normalized spacial score (nSPS) is 19.0. The molecule has 9 heteroatoms. The Morgan fingerprint density at radius 1 is 1.44 bits per heavy atom. The monoisotopic (exact) mass is 400 g/mol. The topological polar surface area (TPSA) is 73.1 Å². The fourth-order valence-electron chi connectivity index (χ4n) is 2.25. The SMILES string of the molecule is CC(O)(CSC1C=CC(F)=CC1)C(=O)Nc1ccc(C#N)c(C(F)(F)F)c1. The lowest BCUT2D eigenvalue weighted by atomic mass is 10.1. The highest BCUT2D eigenvalue weighted by Crippen LogP contribution is 2.34. The van der Waals surface area contributed by atoms with Crippen molar-refractivity contribution < 1.29 is 27.5 Å². The van der Waals surface area contributed by atoms with Gasteiger partial charge in [-0.25, -0.2) is 4.39 Å². The third kappa shape index (κ3) is 5.58. The van der Waals surface area contributed by atoms with E-state index >= 15 is 0 Å². The van der Waals surface area contributed by atoms with E-state index < -0.39 is 28.8 Å². The maximum Gasteiger partial charge on any atom is 0.417 e. The molecule has 0 bridgehead atoms. The Morgan fingerprint density at radius 2 is 2.15 bits per heavy atom. The molecule has 2 unspecified atom stereocenters. The molecule has 0 radical (unpaired) electrons. The largest absolute Gasteiger partial charge is 0.417 e. The fourth-order valence-corrected chi connectivity index (χ4v) is 3.34. The van der Waals surface area contributed by atoms with Crippen LogP contribution in [0.15, 0.2) is 42.3 Å². The smallest absolute Gasteiger partial charge is 0.379 e. The number of allylic oxidation sites excluding steroid dienone is 3. The van der Waals surface area contributed by atoms with Crippen LogP contribution in [0.3, 0.4) is 0 Å². The van der Waals surface area contributed by atoms with E-state index in [2.05, 4.69) is 5.32 Å². The van der Waals surface area contributed by atoms with Crippen LogP contribution in [0.25, 0.3) is 0 Å². The van der Waals surface area contributed by atoms with Crippen molar-refractivity contribution in [3.8, 4) is 6.07 Å². The van der Waals surface area contributed by atoms with Crippen molar-refractivity contribution in [2.75, 3.05) is 11.1 Å². The number of nitrogens with zero attached hydrogens (tertiary/aromatic N) is 1. The number of rotatable bonds is 5. The van der Waals surface area contributed by atoms with Crippen LogP contribution in [0.1, 0.15) is 24.5 Å². The second-order valence-electron chi connectivity index (χ2n) is 6.13. The van der Waals surface area contributed by atoms with Gasteiger partial charge in [0, 0.05) is 16.7 Å². The predicted octanol–water partition coefficient (Wildman–Crippen LogP) is 4.18. The molecule has 1 amide bonds. The van der Waals surface area contributed by atoms with Crippen molar-refractivity contribution in [1.82, 2.24) is 0 Å². The molecule has 0 saturated carbocycles. The summed E-state index contributed by atoms with van der Waals surface area (Å²) in [7, 11) is 0. The summed E-state index contributed by atoms with van der Waals surface area (Å²) >= 11 is 1.23. The molecule has 0 aliphatic heterocycles. The summed E-state index contributed by atoms with van der Waals surface area (Å²) in [6.07, 6.45) is -0.0347. The number of carbonyl (C=O) groups excluding carboxylic acids is 1. The third-order valence-electron chi connectivity index (χ3n) is 3.79. The number of amides is 1. The summed E-state index contributed by atoms with van der Waals surface area (Å²) in [5, 5.41) is 21.2. The van der Waals surface area contributed by atoms with Crippen LogP contribution in [0.4, 0.5) is 23.2 Å². The number of carbonyl (C=O) groups is 1. The van der Waals surface area contributed by atoms with Gasteiger partial charge in [0.25, 0.3) is 5.91 Å². The van der Waals surface area contributed by atoms with Crippen molar-refractivity contribution in [2.45, 2.75) is 30.4 Å². The van der Waals surface area contributed by atoms with E-state index in [4.69, 9.17) is 5.26 Å². The molecule has 0 heterocycles. The number of halogens is 4. The molecular weight excluding hydrogens is 384 g/mol. The van der Waals surface area contributed by atoms with E-state index in [-0.39, 0.29) is 22.5 Å². The van der Waals surface area contributed by atoms with Crippen LogP contribution in [0.2, 0.25) is 0 Å². The van der Waals surface area contributed by atoms with Gasteiger partial charge in [0.05, 0.1) is 17.2 Å². The predicted molar refractivity (Wildman–Crippen MR) is 94.6 cm³/mol. The molecule has 0 aromatic heterocycles. The molecule has 1 aliphatic carbocycles. The molecule has 0 saturated heterocycles. The van der Waals surface area contributed by atoms with Crippen molar-refractivity contribution in [2.24, 2.45) is 0 Å². The number of nitriles is 1. The Bertz CT molecular complexity index is 826. The molecule has 1 aromatic carbocycles. The Kier molecular flexibility index (Phi) is 6.34. The number of nitrogens with one attached hydrogen (secondary N) is 1. The molecular formula is C18H16F4N2O2S. The summed E-state index contributed by atoms with van der Waals surface area (Å²) in [6, 6.07) is 4.21. The minimum Gasteiger partial charge on any atom is -0.379 e. The minimum absolute atomic E-state index is 0.0360. The summed E-state index contributed by atoms with van der Waals surface area (Å²) in [6.45, 7) is 1.24. The van der Waals surface area contributed by atoms with Gasteiger partial charge in [0.15, 0.2) is 0 Å². The van der Waals surface area contributed by atoms with Crippen molar-refractivity contribution in [1.29, 1.82) is 5.26 Å². The van der Waals surface area contributed by atoms with Crippen LogP contribution < -0.4 is 5.32 Å². The number of benzene rings is 1. The van der Waals surface area contributed by atoms with Crippen LogP contribution in [-0.4, -0.2) is 27.6 Å². The van der Waals surface area contributed by atoms with E-state index in [1.165, 1.54) is 36.9 Å². The first-order valence-corrected chi connectivity index (χ1v) is 8.88. The Labute approximate surface area is 157 Å². The fraction of sp³-hybridized carbons (Fsp3) is 0.333. The number of hydrogen-bond donors (Lipinski definition) is 2. The highest BCUT2D eigenvalue weighted by molar-refractivity contribution is 8.00. The van der Waals surface area contributed by atoms with Crippen molar-refractivity contribution in [3.05, 3.63) is 53.4 Å². The lowest BCUT2D eigenvalue weighted by molar-refractivity contribution is -0.137. The van der Waals surface area contributed by atoms with E-state index in [1.54, 1.807) is 6.08 Å². The zero-order valence-corrected chi connectivity index (χ0v) is 15.0. The Hall–Kier alpha value is -2.31. The molecule has 2 atom stereocenters. The van der Waals surface area contributed by atoms with Gasteiger partial charge in [-0.05, 0) is 43.7 Å². The van der Waals surface area contributed by atoms with E-state index in [0.29, 0.717) is 12.5 Å². The number of alkyl halides is 3. The number of thioether (sulfide) groups is 1. The van der Waals surface area contributed by atoms with E-state index in [0.717, 1.165) is 12.1 Å². The van der Waals surface area contributed by atoms with E-state index in [1.807, 2.05) is 0 Å². The number of aliphatic hydroxyl groups is 1. The van der Waals surface area contributed by atoms with Gasteiger partial charge in [-0.1, -0.05) is 6.08 Å². The first-order valence-electron chi connectivity index (χ1n) is 7.83. The molecule has 4 nitrogen and oxygen atoms in total. The average Bonchev–Trinajstić information content (AvgIpc) is 2.60. The molecule has 1 aliphatic rings. The van der Waals surface area contributed by atoms with Gasteiger partial charge in [-0.15, -0.1) is 0 Å². The second kappa shape index (κ2) is 8.15. The van der Waals surface area contributed by atoms with Crippen LogP contribution in [0.5, 0.6) is 0 Å². The van der Waals surface area contributed by atoms with Gasteiger partial charge in [0.1, 0.15) is 11.4 Å². The summed E-state index contributed by atoms with van der Waals surface area (Å²) in [5.41, 5.74) is -3.77. The quantitative estimate of drug-likeness (QED) is 0.728. The highest BCUT2D eigenvalue weighted by Gasteiger charge is 2.35. The summed E-state index contributed by atoms with van der Waals surface area (Å²) in [5.74, 6) is -1.27. The van der Waals surface area contributed by atoms with Gasteiger partial charge in [-0.3, -0.25) is 4.79 Å². The molecule has 2 rings (SSSR count). The zero-order valence-electron chi connectivity index (χ0n) is 14.2. The first kappa shape index (κ1) is 21.0.